The van der Waals surface area contributed by atoms with E-state index in [1.165, 1.54) is 0 Å². The van der Waals surface area contributed by atoms with E-state index in [2.05, 4.69) is 22.6 Å². The van der Waals surface area contributed by atoms with Crippen LogP contribution in [0.5, 0.6) is 17.2 Å². The van der Waals surface area contributed by atoms with E-state index in [1.54, 1.807) is 52.9 Å². The molecule has 0 radical (unpaired) electrons. The molecule has 0 bridgehead atoms. The number of aliphatic carboxylic acids is 1. The molecule has 2 aromatic rings. The van der Waals surface area contributed by atoms with Crippen LogP contribution in [0.2, 0.25) is 0 Å². The minimum Gasteiger partial charge on any atom is -0.507 e. The molecule has 5 nitrogen and oxygen atoms in total. The summed E-state index contributed by atoms with van der Waals surface area (Å²) < 4.78 is 6.02. The fraction of sp³-hybridized carbons (Fsp3) is 0.133. The van der Waals surface area contributed by atoms with Gasteiger partial charge in [0.15, 0.2) is 3.55 Å². The molecule has 1 atom stereocenters. The summed E-state index contributed by atoms with van der Waals surface area (Å²) in [6.07, 6.45) is 0.219. The third kappa shape index (κ3) is 5.06. The lowest BCUT2D eigenvalue weighted by molar-refractivity contribution is -0.139. The fourth-order valence-electron chi connectivity index (χ4n) is 1.79. The first-order valence-corrected chi connectivity index (χ1v) is 9.58. The fourth-order valence-corrected chi connectivity index (χ4v) is 3.40. The van der Waals surface area contributed by atoms with Crippen LogP contribution in [0.15, 0.2) is 36.4 Å². The summed E-state index contributed by atoms with van der Waals surface area (Å²) in [5.74, 6) is 0.429. The van der Waals surface area contributed by atoms with E-state index in [0.29, 0.717) is 15.1 Å². The first-order chi connectivity index (χ1) is 10.7. The number of phenolic OH excluding ortho intramolecular Hbond substituents is 1. The van der Waals surface area contributed by atoms with Gasteiger partial charge >= 0.3 is 5.97 Å². The number of hydrogen-bond acceptors (Lipinski definition) is 4. The number of phenols is 1. The van der Waals surface area contributed by atoms with Crippen LogP contribution in [-0.2, 0) is 11.2 Å². The summed E-state index contributed by atoms with van der Waals surface area (Å²) in [4.78, 5) is 11.1. The van der Waals surface area contributed by atoms with Gasteiger partial charge < -0.3 is 20.7 Å². The van der Waals surface area contributed by atoms with Gasteiger partial charge in [-0.05, 0) is 104 Å². The molecule has 4 N–H and O–H groups in total. The summed E-state index contributed by atoms with van der Waals surface area (Å²) in [5, 5.41) is 18.6. The van der Waals surface area contributed by atoms with Gasteiger partial charge in [0, 0.05) is 6.42 Å². The third-order valence-electron chi connectivity index (χ3n) is 2.96. The summed E-state index contributed by atoms with van der Waals surface area (Å²) in [7, 11) is 0. The third-order valence-corrected chi connectivity index (χ3v) is 5.51. The number of halogens is 3. The van der Waals surface area contributed by atoms with E-state index in [0.717, 1.165) is 9.13 Å². The molecule has 0 spiro atoms. The zero-order chi connectivity index (χ0) is 17.2. The van der Waals surface area contributed by atoms with Gasteiger partial charge in [-0.25, -0.2) is 4.79 Å². The van der Waals surface area contributed by atoms with Crippen molar-refractivity contribution in [1.82, 2.24) is 0 Å². The number of carbonyl (C=O) groups is 1. The Hall–Kier alpha value is -0.340. The van der Waals surface area contributed by atoms with E-state index in [9.17, 15) is 9.90 Å². The second-order valence-electron chi connectivity index (χ2n) is 4.82. The smallest absolute Gasteiger partial charge is 0.334 e. The van der Waals surface area contributed by atoms with Crippen LogP contribution in [0.3, 0.4) is 0 Å². The van der Waals surface area contributed by atoms with Crippen LogP contribution in [0.25, 0.3) is 0 Å². The SMILES string of the molecule is N[C@@](I)(Cc1ccc(Oc2ccc(O)c(I)c2)c(I)c1)C(=O)O. The Labute approximate surface area is 174 Å². The van der Waals surface area contributed by atoms with Crippen molar-refractivity contribution in [2.75, 3.05) is 0 Å². The number of aromatic hydroxyl groups is 1. The van der Waals surface area contributed by atoms with Gasteiger partial charge in [0.05, 0.1) is 7.14 Å². The minimum atomic E-state index is -1.34. The molecular formula is C15H12I3NO4. The number of hydrogen-bond donors (Lipinski definition) is 3. The van der Waals surface area contributed by atoms with Gasteiger partial charge in [0.25, 0.3) is 0 Å². The molecule has 0 fully saturated rings. The second kappa shape index (κ2) is 7.70. The van der Waals surface area contributed by atoms with Crippen molar-refractivity contribution in [3.8, 4) is 17.2 Å². The van der Waals surface area contributed by atoms with E-state index in [4.69, 9.17) is 15.6 Å². The molecule has 0 saturated heterocycles. The van der Waals surface area contributed by atoms with Crippen molar-refractivity contribution in [3.63, 3.8) is 0 Å². The predicted molar refractivity (Wildman–Crippen MR) is 112 cm³/mol. The summed E-state index contributed by atoms with van der Waals surface area (Å²) in [6, 6.07) is 10.4. The molecule has 0 aliphatic carbocycles. The van der Waals surface area contributed by atoms with E-state index < -0.39 is 9.51 Å². The molecule has 0 unspecified atom stereocenters. The molecule has 0 aliphatic heterocycles. The number of rotatable bonds is 5. The number of carboxylic acid groups (broad SMARTS) is 1. The largest absolute Gasteiger partial charge is 0.507 e. The lowest BCUT2D eigenvalue weighted by Gasteiger charge is -2.17. The van der Waals surface area contributed by atoms with Gasteiger partial charge in [-0.15, -0.1) is 0 Å². The average molecular weight is 651 g/mol. The Balaban J connectivity index is 2.19. The number of nitrogens with two attached hydrogens (primary N) is 1. The van der Waals surface area contributed by atoms with Crippen molar-refractivity contribution >= 4 is 73.7 Å². The molecule has 0 amide bonds. The van der Waals surface area contributed by atoms with E-state index in [1.807, 2.05) is 28.7 Å². The van der Waals surface area contributed by atoms with E-state index >= 15 is 0 Å². The van der Waals surface area contributed by atoms with Crippen LogP contribution in [0, 0.1) is 7.14 Å². The Morgan fingerprint density at radius 3 is 2.43 bits per heavy atom. The second-order valence-corrected chi connectivity index (χ2v) is 9.07. The summed E-state index contributed by atoms with van der Waals surface area (Å²) in [6.45, 7) is 0. The van der Waals surface area contributed by atoms with E-state index in [-0.39, 0.29) is 12.2 Å². The monoisotopic (exact) mass is 651 g/mol. The lowest BCUT2D eigenvalue weighted by atomic mass is 10.1. The number of benzene rings is 2. The Morgan fingerprint density at radius 2 is 1.87 bits per heavy atom. The Morgan fingerprint density at radius 1 is 1.17 bits per heavy atom. The van der Waals surface area contributed by atoms with Gasteiger partial charge in [-0.3, -0.25) is 0 Å². The van der Waals surface area contributed by atoms with Crippen molar-refractivity contribution in [3.05, 3.63) is 49.1 Å². The molecule has 0 aromatic heterocycles. The van der Waals surface area contributed by atoms with Crippen LogP contribution in [0.1, 0.15) is 5.56 Å². The highest BCUT2D eigenvalue weighted by Gasteiger charge is 2.30. The zero-order valence-corrected chi connectivity index (χ0v) is 18.1. The van der Waals surface area contributed by atoms with Gasteiger partial charge in [0.2, 0.25) is 0 Å². The maximum Gasteiger partial charge on any atom is 0.334 e. The van der Waals surface area contributed by atoms with Crippen molar-refractivity contribution in [1.29, 1.82) is 0 Å². The first kappa shape index (κ1) is 19.0. The van der Waals surface area contributed by atoms with Crippen molar-refractivity contribution in [2.45, 2.75) is 9.97 Å². The maximum absolute atomic E-state index is 11.1. The molecular weight excluding hydrogens is 639 g/mol. The van der Waals surface area contributed by atoms with Gasteiger partial charge in [-0.1, -0.05) is 6.07 Å². The van der Waals surface area contributed by atoms with Crippen LogP contribution in [0.4, 0.5) is 0 Å². The van der Waals surface area contributed by atoms with Gasteiger partial charge in [0.1, 0.15) is 17.2 Å². The number of carboxylic acids is 1. The van der Waals surface area contributed by atoms with Crippen LogP contribution >= 0.6 is 67.8 Å². The molecule has 23 heavy (non-hydrogen) atoms. The highest BCUT2D eigenvalue weighted by molar-refractivity contribution is 14.1. The first-order valence-electron chi connectivity index (χ1n) is 6.35. The predicted octanol–water partition coefficient (Wildman–Crippen LogP) is 4.11. The summed E-state index contributed by atoms with van der Waals surface area (Å²) in [5.41, 5.74) is 6.58. The average Bonchev–Trinajstić information content (AvgIpc) is 2.45. The molecule has 0 aliphatic rings. The summed E-state index contributed by atoms with van der Waals surface area (Å²) >= 11 is 5.89. The Kier molecular flexibility index (Phi) is 6.35. The highest BCUT2D eigenvalue weighted by atomic mass is 127. The topological polar surface area (TPSA) is 92.8 Å². The maximum atomic E-state index is 11.1. The number of ether oxygens (including phenoxy) is 1. The number of alkyl halides is 1. The standard InChI is InChI=1S/C15H12I3NO4/c16-10-6-9(2-3-12(10)20)23-13-4-1-8(5-11(13)17)7-15(18,19)14(21)22/h1-6,20H,7,19H2,(H,21,22)/t15-/m0/s1. The normalized spacial score (nSPS) is 13.4. The lowest BCUT2D eigenvalue weighted by Crippen LogP contribution is -2.43. The van der Waals surface area contributed by atoms with Crippen LogP contribution in [-0.4, -0.2) is 19.7 Å². The minimum absolute atomic E-state index is 0.206. The molecule has 0 heterocycles. The van der Waals surface area contributed by atoms with Crippen molar-refractivity contribution in [2.24, 2.45) is 5.73 Å². The van der Waals surface area contributed by atoms with Crippen molar-refractivity contribution < 1.29 is 19.7 Å². The Bertz CT molecular complexity index is 749. The molecule has 2 aromatic carbocycles. The molecule has 2 rings (SSSR count). The highest BCUT2D eigenvalue weighted by Crippen LogP contribution is 2.32. The molecule has 122 valence electrons. The zero-order valence-electron chi connectivity index (χ0n) is 11.6. The quantitative estimate of drug-likeness (QED) is 0.258. The van der Waals surface area contributed by atoms with Gasteiger partial charge in [-0.2, -0.15) is 0 Å². The molecule has 0 saturated carbocycles. The molecule has 8 heteroatoms. The van der Waals surface area contributed by atoms with Crippen LogP contribution < -0.4 is 10.5 Å².